The number of nitrogen functional groups attached to an aromatic ring is 1. The largest absolute Gasteiger partial charge is 0.394 e. The van der Waals surface area contributed by atoms with E-state index >= 15 is 0 Å². The molecule has 18 heavy (non-hydrogen) atoms. The van der Waals surface area contributed by atoms with Crippen LogP contribution in [0.1, 0.15) is 19.5 Å². The van der Waals surface area contributed by atoms with Crippen molar-refractivity contribution in [1.82, 2.24) is 19.3 Å². The van der Waals surface area contributed by atoms with E-state index in [2.05, 4.69) is 29.2 Å². The quantitative estimate of drug-likeness (QED) is 0.835. The summed E-state index contributed by atoms with van der Waals surface area (Å²) in [7, 11) is 1.90. The summed E-state index contributed by atoms with van der Waals surface area (Å²) < 4.78 is 3.84. The maximum absolute atomic E-state index is 6.07. The van der Waals surface area contributed by atoms with Crippen molar-refractivity contribution in [2.45, 2.75) is 32.9 Å². The van der Waals surface area contributed by atoms with Gasteiger partial charge in [0.25, 0.3) is 0 Å². The maximum atomic E-state index is 6.07. The van der Waals surface area contributed by atoms with E-state index < -0.39 is 0 Å². The van der Waals surface area contributed by atoms with Crippen molar-refractivity contribution in [2.75, 3.05) is 11.1 Å². The zero-order valence-corrected chi connectivity index (χ0v) is 11.1. The van der Waals surface area contributed by atoms with Gasteiger partial charge in [0.05, 0.1) is 17.7 Å². The van der Waals surface area contributed by atoms with Crippen molar-refractivity contribution in [3.05, 3.63) is 24.4 Å². The topological polar surface area (TPSA) is 73.7 Å². The molecule has 0 aliphatic heterocycles. The fraction of sp³-hybridized carbons (Fsp3) is 0.500. The minimum absolute atomic E-state index is 0.251. The van der Waals surface area contributed by atoms with Gasteiger partial charge < -0.3 is 15.6 Å². The molecule has 0 spiro atoms. The van der Waals surface area contributed by atoms with Crippen LogP contribution >= 0.6 is 0 Å². The first-order valence-corrected chi connectivity index (χ1v) is 6.15. The van der Waals surface area contributed by atoms with Gasteiger partial charge in [-0.05, 0) is 13.3 Å². The summed E-state index contributed by atoms with van der Waals surface area (Å²) in [5.74, 6) is 0.888. The van der Waals surface area contributed by atoms with Crippen LogP contribution in [0.2, 0.25) is 0 Å². The highest BCUT2D eigenvalue weighted by Crippen LogP contribution is 2.23. The highest BCUT2D eigenvalue weighted by molar-refractivity contribution is 5.65. The molecule has 1 atom stereocenters. The zero-order valence-electron chi connectivity index (χ0n) is 11.1. The fourth-order valence-electron chi connectivity index (χ4n) is 2.02. The second-order valence-corrected chi connectivity index (χ2v) is 4.49. The fourth-order valence-corrected chi connectivity index (χ4v) is 2.02. The molecular formula is C12H20N6. The number of nitrogens with zero attached hydrogens (tertiary/aromatic N) is 4. The molecule has 2 aromatic heterocycles. The van der Waals surface area contributed by atoms with E-state index in [1.54, 1.807) is 10.9 Å². The Bertz CT molecular complexity index is 499. The predicted octanol–water partition coefficient (Wildman–Crippen LogP) is 1.26. The lowest BCUT2D eigenvalue weighted by molar-refractivity contribution is 0.610. The first kappa shape index (κ1) is 12.5. The average Bonchev–Trinajstić information content (AvgIpc) is 2.92. The summed E-state index contributed by atoms with van der Waals surface area (Å²) in [6, 6.07) is 0.251. The van der Waals surface area contributed by atoms with Crippen LogP contribution in [0, 0.1) is 0 Å². The Morgan fingerprint density at radius 2 is 2.28 bits per heavy atom. The summed E-state index contributed by atoms with van der Waals surface area (Å²) in [4.78, 5) is 4.03. The normalized spacial score (nSPS) is 12.6. The molecule has 98 valence electrons. The van der Waals surface area contributed by atoms with Crippen LogP contribution in [0.25, 0.3) is 0 Å². The minimum atomic E-state index is 0.251. The minimum Gasteiger partial charge on any atom is -0.394 e. The number of anilines is 2. The summed E-state index contributed by atoms with van der Waals surface area (Å²) in [6.45, 7) is 5.00. The number of rotatable bonds is 5. The zero-order chi connectivity index (χ0) is 13.1. The third-order valence-electron chi connectivity index (χ3n) is 2.92. The van der Waals surface area contributed by atoms with Gasteiger partial charge in [0.1, 0.15) is 5.82 Å². The molecule has 2 aromatic rings. The average molecular weight is 248 g/mol. The van der Waals surface area contributed by atoms with Crippen molar-refractivity contribution in [3.63, 3.8) is 0 Å². The molecule has 2 heterocycles. The monoisotopic (exact) mass is 248 g/mol. The van der Waals surface area contributed by atoms with E-state index in [9.17, 15) is 0 Å². The van der Waals surface area contributed by atoms with Gasteiger partial charge in [-0.15, -0.1) is 0 Å². The Morgan fingerprint density at radius 3 is 2.83 bits per heavy atom. The predicted molar refractivity (Wildman–Crippen MR) is 72.3 cm³/mol. The third-order valence-corrected chi connectivity index (χ3v) is 2.92. The molecule has 2 rings (SSSR count). The highest BCUT2D eigenvalue weighted by Gasteiger charge is 2.13. The van der Waals surface area contributed by atoms with E-state index in [1.165, 1.54) is 0 Å². The van der Waals surface area contributed by atoms with Gasteiger partial charge in [-0.3, -0.25) is 4.68 Å². The second-order valence-electron chi connectivity index (χ2n) is 4.49. The van der Waals surface area contributed by atoms with E-state index in [0.29, 0.717) is 0 Å². The Balaban J connectivity index is 2.07. The molecule has 3 N–H and O–H groups in total. The summed E-state index contributed by atoms with van der Waals surface area (Å²) in [5, 5.41) is 7.79. The van der Waals surface area contributed by atoms with E-state index in [0.717, 1.165) is 30.2 Å². The van der Waals surface area contributed by atoms with Crippen molar-refractivity contribution in [3.8, 4) is 0 Å². The molecule has 0 aromatic carbocycles. The van der Waals surface area contributed by atoms with Gasteiger partial charge in [0.15, 0.2) is 0 Å². The molecule has 0 amide bonds. The lowest BCUT2D eigenvalue weighted by atomic mass is 10.2. The van der Waals surface area contributed by atoms with Crippen LogP contribution in [0.3, 0.4) is 0 Å². The molecule has 0 aliphatic rings. The van der Waals surface area contributed by atoms with Gasteiger partial charge in [-0.2, -0.15) is 5.10 Å². The number of nitrogens with one attached hydrogen (secondary N) is 1. The molecular weight excluding hydrogens is 228 g/mol. The Hall–Kier alpha value is -1.98. The molecule has 6 heteroatoms. The maximum Gasteiger partial charge on any atom is 0.148 e. The van der Waals surface area contributed by atoms with Gasteiger partial charge in [0, 0.05) is 32.0 Å². The summed E-state index contributed by atoms with van der Waals surface area (Å²) in [5.41, 5.74) is 7.76. The van der Waals surface area contributed by atoms with Gasteiger partial charge in [-0.25, -0.2) is 4.98 Å². The number of hydrogen-bond acceptors (Lipinski definition) is 4. The molecule has 0 aliphatic carbocycles. The number of imidazole rings is 1. The summed E-state index contributed by atoms with van der Waals surface area (Å²) >= 11 is 0. The number of hydrogen-bond donors (Lipinski definition) is 2. The van der Waals surface area contributed by atoms with Crippen molar-refractivity contribution >= 4 is 11.5 Å². The van der Waals surface area contributed by atoms with Crippen LogP contribution in [0.15, 0.2) is 18.7 Å². The molecule has 0 fully saturated rings. The Kier molecular flexibility index (Phi) is 3.55. The first-order valence-electron chi connectivity index (χ1n) is 6.15. The highest BCUT2D eigenvalue weighted by atomic mass is 15.3. The SMILES string of the molecule is CCc1nn(C)c(NC(C)Cn2ccnc2)c1N. The summed E-state index contributed by atoms with van der Waals surface area (Å²) in [6.07, 6.45) is 6.38. The van der Waals surface area contributed by atoms with E-state index in [1.807, 2.05) is 24.1 Å². The van der Waals surface area contributed by atoms with Crippen LogP contribution in [0.5, 0.6) is 0 Å². The standard InChI is InChI=1S/C12H20N6/c1-4-10-11(13)12(17(3)16-10)15-9(2)7-18-6-5-14-8-18/h5-6,8-9,15H,4,7,13H2,1-3H3. The number of nitrogens with two attached hydrogens (primary N) is 1. The lowest BCUT2D eigenvalue weighted by Gasteiger charge is -2.16. The van der Waals surface area contributed by atoms with Crippen LogP contribution in [-0.4, -0.2) is 25.4 Å². The number of aryl methyl sites for hydroxylation is 2. The Labute approximate surface area is 107 Å². The van der Waals surface area contributed by atoms with Crippen molar-refractivity contribution < 1.29 is 0 Å². The molecule has 0 radical (unpaired) electrons. The number of aromatic nitrogens is 4. The smallest absolute Gasteiger partial charge is 0.148 e. The molecule has 0 bridgehead atoms. The van der Waals surface area contributed by atoms with Gasteiger partial charge >= 0.3 is 0 Å². The molecule has 1 unspecified atom stereocenters. The van der Waals surface area contributed by atoms with E-state index in [-0.39, 0.29) is 6.04 Å². The van der Waals surface area contributed by atoms with E-state index in [4.69, 9.17) is 5.73 Å². The van der Waals surface area contributed by atoms with Crippen molar-refractivity contribution in [1.29, 1.82) is 0 Å². The molecule has 6 nitrogen and oxygen atoms in total. The Morgan fingerprint density at radius 1 is 1.50 bits per heavy atom. The second kappa shape index (κ2) is 5.12. The van der Waals surface area contributed by atoms with Crippen molar-refractivity contribution in [2.24, 2.45) is 7.05 Å². The molecule has 0 saturated heterocycles. The van der Waals surface area contributed by atoms with Gasteiger partial charge in [0.2, 0.25) is 0 Å². The van der Waals surface area contributed by atoms with Crippen LogP contribution in [-0.2, 0) is 20.0 Å². The molecule has 0 saturated carbocycles. The lowest BCUT2D eigenvalue weighted by Crippen LogP contribution is -2.23. The van der Waals surface area contributed by atoms with Gasteiger partial charge in [-0.1, -0.05) is 6.92 Å². The first-order chi connectivity index (χ1) is 8.61. The van der Waals surface area contributed by atoms with Crippen LogP contribution < -0.4 is 11.1 Å². The third kappa shape index (κ3) is 2.47. The van der Waals surface area contributed by atoms with Crippen LogP contribution in [0.4, 0.5) is 11.5 Å².